The number of ether oxygens (including phenoxy) is 3. The second kappa shape index (κ2) is 42.1. The first-order chi connectivity index (χ1) is 25.5. The van der Waals surface area contributed by atoms with Gasteiger partial charge < -0.3 is 24.8 Å². The van der Waals surface area contributed by atoms with Gasteiger partial charge in [0, 0.05) is 20.1 Å². The third-order valence-corrected chi connectivity index (χ3v) is 10.0. The number of unbranched alkanes of at least 4 members (excludes halogenated alkanes) is 29. The van der Waals surface area contributed by atoms with Gasteiger partial charge in [-0.2, -0.15) is 0 Å². The van der Waals surface area contributed by atoms with Gasteiger partial charge >= 0.3 is 5.97 Å². The van der Waals surface area contributed by atoms with Crippen molar-refractivity contribution in [2.24, 2.45) is 0 Å². The molecule has 2 amide bonds. The number of carbonyl (C=O) groups excluding carboxylic acids is 3. The van der Waals surface area contributed by atoms with Crippen molar-refractivity contribution < 1.29 is 28.6 Å². The predicted octanol–water partition coefficient (Wildman–Crippen LogP) is 11.3. The maximum Gasteiger partial charge on any atom is 0.330 e. The summed E-state index contributed by atoms with van der Waals surface area (Å²) in [6.07, 6.45) is 40.1. The fourth-order valence-electron chi connectivity index (χ4n) is 6.61. The van der Waals surface area contributed by atoms with Crippen LogP contribution in [0.1, 0.15) is 219 Å². The van der Waals surface area contributed by atoms with Gasteiger partial charge in [0.2, 0.25) is 11.8 Å². The minimum Gasteiger partial charge on any atom is -0.464 e. The summed E-state index contributed by atoms with van der Waals surface area (Å²) >= 11 is 0. The third kappa shape index (κ3) is 38.1. The zero-order valence-electron chi connectivity index (χ0n) is 34.7. The Morgan fingerprint density at radius 1 is 0.462 bits per heavy atom. The van der Waals surface area contributed by atoms with Gasteiger partial charge in [-0.05, 0) is 12.8 Å². The van der Waals surface area contributed by atoms with Crippen LogP contribution in [0.3, 0.4) is 0 Å². The first-order valence-corrected chi connectivity index (χ1v) is 22.3. The highest BCUT2D eigenvalue weighted by molar-refractivity contribution is 5.85. The standard InChI is InChI=1S/C44H86N2O6/c1-4-6-8-10-12-14-16-18-20-22-24-26-28-30-32-34-36-52-44(49)41(39-45-43(48)40-51-38-37-50-3)46-42(47)35-33-31-29-27-25-23-21-19-17-15-13-11-9-7-5-2/h41H,4-40H2,1-3H3,(H,45,48)(H,46,47). The number of esters is 1. The molecule has 0 aromatic carbocycles. The van der Waals surface area contributed by atoms with E-state index in [1.54, 1.807) is 7.11 Å². The average Bonchev–Trinajstić information content (AvgIpc) is 3.14. The normalized spacial score (nSPS) is 11.8. The smallest absolute Gasteiger partial charge is 0.330 e. The van der Waals surface area contributed by atoms with Crippen LogP contribution in [0, 0.1) is 0 Å². The third-order valence-electron chi connectivity index (χ3n) is 10.0. The molecule has 0 aromatic heterocycles. The van der Waals surface area contributed by atoms with Crippen LogP contribution in [0.15, 0.2) is 0 Å². The zero-order valence-corrected chi connectivity index (χ0v) is 34.7. The number of amides is 2. The molecule has 0 aliphatic rings. The van der Waals surface area contributed by atoms with Crippen molar-refractivity contribution in [3.8, 4) is 0 Å². The van der Waals surface area contributed by atoms with E-state index >= 15 is 0 Å². The second-order valence-electron chi connectivity index (χ2n) is 15.1. The van der Waals surface area contributed by atoms with E-state index in [4.69, 9.17) is 14.2 Å². The summed E-state index contributed by atoms with van der Waals surface area (Å²) in [5, 5.41) is 5.52. The van der Waals surface area contributed by atoms with E-state index in [0.717, 1.165) is 38.5 Å². The van der Waals surface area contributed by atoms with Crippen LogP contribution in [0.4, 0.5) is 0 Å². The second-order valence-corrected chi connectivity index (χ2v) is 15.1. The Hall–Kier alpha value is -1.67. The minimum absolute atomic E-state index is 0.0190. The maximum absolute atomic E-state index is 12.9. The van der Waals surface area contributed by atoms with Crippen LogP contribution in [-0.4, -0.2) is 63.9 Å². The molecule has 0 radical (unpaired) electrons. The fraction of sp³-hybridized carbons (Fsp3) is 0.932. The Morgan fingerprint density at radius 2 is 0.846 bits per heavy atom. The van der Waals surface area contributed by atoms with Gasteiger partial charge in [0.25, 0.3) is 0 Å². The van der Waals surface area contributed by atoms with Crippen molar-refractivity contribution in [2.75, 3.05) is 40.1 Å². The molecule has 0 bridgehead atoms. The molecule has 308 valence electrons. The van der Waals surface area contributed by atoms with Crippen LogP contribution in [0.2, 0.25) is 0 Å². The van der Waals surface area contributed by atoms with Gasteiger partial charge in [-0.3, -0.25) is 9.59 Å². The molecule has 0 aliphatic heterocycles. The van der Waals surface area contributed by atoms with E-state index in [9.17, 15) is 14.4 Å². The number of hydrogen-bond acceptors (Lipinski definition) is 6. The highest BCUT2D eigenvalue weighted by atomic mass is 16.5. The van der Waals surface area contributed by atoms with Gasteiger partial charge in [-0.25, -0.2) is 4.79 Å². The first kappa shape index (κ1) is 50.3. The molecule has 0 aliphatic carbocycles. The summed E-state index contributed by atoms with van der Waals surface area (Å²) in [5.41, 5.74) is 0. The molecule has 8 heteroatoms. The van der Waals surface area contributed by atoms with Crippen LogP contribution < -0.4 is 10.6 Å². The van der Waals surface area contributed by atoms with Gasteiger partial charge in [-0.1, -0.05) is 200 Å². The van der Waals surface area contributed by atoms with Crippen LogP contribution in [-0.2, 0) is 28.6 Å². The topological polar surface area (TPSA) is 103 Å². The van der Waals surface area contributed by atoms with E-state index in [1.807, 2.05) is 0 Å². The summed E-state index contributed by atoms with van der Waals surface area (Å²) in [6, 6.07) is -0.909. The molecule has 52 heavy (non-hydrogen) atoms. The lowest BCUT2D eigenvalue weighted by Crippen LogP contribution is -2.49. The molecule has 0 saturated carbocycles. The Labute approximate surface area is 321 Å². The molecule has 0 spiro atoms. The summed E-state index contributed by atoms with van der Waals surface area (Å²) in [5.74, 6) is -1.01. The van der Waals surface area contributed by atoms with Gasteiger partial charge in [-0.15, -0.1) is 0 Å². The number of methoxy groups -OCH3 is 1. The van der Waals surface area contributed by atoms with Crippen molar-refractivity contribution in [2.45, 2.75) is 225 Å². The quantitative estimate of drug-likeness (QED) is 0.0477. The number of carbonyl (C=O) groups is 3. The lowest BCUT2D eigenvalue weighted by molar-refractivity contribution is -0.148. The summed E-state index contributed by atoms with van der Waals surface area (Å²) in [7, 11) is 1.57. The highest BCUT2D eigenvalue weighted by Gasteiger charge is 2.23. The average molecular weight is 739 g/mol. The summed E-state index contributed by atoms with van der Waals surface area (Å²) in [6.45, 7) is 5.43. The van der Waals surface area contributed by atoms with Crippen molar-refractivity contribution in [3.05, 3.63) is 0 Å². The number of rotatable bonds is 42. The lowest BCUT2D eigenvalue weighted by Gasteiger charge is -2.18. The number of nitrogens with one attached hydrogen (secondary N) is 2. The molecule has 0 rings (SSSR count). The molecule has 0 aromatic rings. The number of hydrogen-bond donors (Lipinski definition) is 2. The largest absolute Gasteiger partial charge is 0.464 e. The first-order valence-electron chi connectivity index (χ1n) is 22.3. The lowest BCUT2D eigenvalue weighted by atomic mass is 10.0. The van der Waals surface area contributed by atoms with Gasteiger partial charge in [0.1, 0.15) is 12.6 Å². The zero-order chi connectivity index (χ0) is 38.0. The predicted molar refractivity (Wildman–Crippen MR) is 218 cm³/mol. The van der Waals surface area contributed by atoms with Crippen molar-refractivity contribution in [3.63, 3.8) is 0 Å². The Morgan fingerprint density at radius 3 is 1.25 bits per heavy atom. The molecular formula is C44H86N2O6. The maximum atomic E-state index is 12.9. The monoisotopic (exact) mass is 739 g/mol. The fourth-order valence-corrected chi connectivity index (χ4v) is 6.61. The van der Waals surface area contributed by atoms with E-state index in [-0.39, 0.29) is 25.0 Å². The summed E-state index contributed by atoms with van der Waals surface area (Å²) < 4.78 is 15.8. The van der Waals surface area contributed by atoms with E-state index in [0.29, 0.717) is 26.2 Å². The molecule has 1 atom stereocenters. The van der Waals surface area contributed by atoms with Crippen molar-refractivity contribution in [1.29, 1.82) is 0 Å². The van der Waals surface area contributed by atoms with Gasteiger partial charge in [0.05, 0.1) is 19.8 Å². The molecule has 2 N–H and O–H groups in total. The van der Waals surface area contributed by atoms with E-state index < -0.39 is 12.0 Å². The Bertz CT molecular complexity index is 780. The SMILES string of the molecule is CCCCCCCCCCCCCCCCCCOC(=O)C(CNC(=O)COCCOC)NC(=O)CCCCCCCCCCCCCCCCC. The van der Waals surface area contributed by atoms with Gasteiger partial charge in [0.15, 0.2) is 0 Å². The van der Waals surface area contributed by atoms with Crippen molar-refractivity contribution >= 4 is 17.8 Å². The van der Waals surface area contributed by atoms with Crippen molar-refractivity contribution in [1.82, 2.24) is 10.6 Å². The molecule has 1 unspecified atom stereocenters. The van der Waals surface area contributed by atoms with E-state index in [1.165, 1.54) is 161 Å². The molecular weight excluding hydrogens is 652 g/mol. The Balaban J connectivity index is 4.12. The minimum atomic E-state index is -0.909. The van der Waals surface area contributed by atoms with E-state index in [2.05, 4.69) is 24.5 Å². The molecule has 8 nitrogen and oxygen atoms in total. The molecule has 0 heterocycles. The van der Waals surface area contributed by atoms with Crippen LogP contribution >= 0.6 is 0 Å². The van der Waals surface area contributed by atoms with Crippen LogP contribution in [0.25, 0.3) is 0 Å². The molecule has 0 fully saturated rings. The Kier molecular flexibility index (Phi) is 40.7. The highest BCUT2D eigenvalue weighted by Crippen LogP contribution is 2.15. The molecule has 0 saturated heterocycles. The van der Waals surface area contributed by atoms with Crippen LogP contribution in [0.5, 0.6) is 0 Å². The summed E-state index contributed by atoms with van der Waals surface area (Å²) in [4.78, 5) is 37.9.